The van der Waals surface area contributed by atoms with Crippen LogP contribution in [-0.2, 0) is 4.79 Å². The lowest BCUT2D eigenvalue weighted by Gasteiger charge is -2.22. The summed E-state index contributed by atoms with van der Waals surface area (Å²) < 4.78 is 0. The Morgan fingerprint density at radius 3 is 2.67 bits per heavy atom. The Morgan fingerprint density at radius 2 is 2.10 bits per heavy atom. The van der Waals surface area contributed by atoms with Gasteiger partial charge in [0, 0.05) is 30.2 Å². The number of rotatable bonds is 5. The van der Waals surface area contributed by atoms with Crippen molar-refractivity contribution >= 4 is 35.6 Å². The highest BCUT2D eigenvalue weighted by Crippen LogP contribution is 2.28. The minimum Gasteiger partial charge on any atom is -0.330 e. The van der Waals surface area contributed by atoms with E-state index < -0.39 is 0 Å². The molecule has 1 aromatic carbocycles. The van der Waals surface area contributed by atoms with Crippen molar-refractivity contribution < 1.29 is 4.79 Å². The molecule has 6 heteroatoms. The molecule has 3 N–H and O–H groups in total. The zero-order valence-electron chi connectivity index (χ0n) is 12.3. The number of carbonyl (C=O) groups is 1. The van der Waals surface area contributed by atoms with Crippen molar-refractivity contribution in [1.29, 1.82) is 0 Å². The van der Waals surface area contributed by atoms with Gasteiger partial charge in [-0.2, -0.15) is 0 Å². The summed E-state index contributed by atoms with van der Waals surface area (Å²) in [5.74, 6) is 0.0358. The van der Waals surface area contributed by atoms with Crippen molar-refractivity contribution in [3.63, 3.8) is 0 Å². The van der Waals surface area contributed by atoms with E-state index >= 15 is 0 Å². The number of anilines is 1. The number of benzene rings is 1. The van der Waals surface area contributed by atoms with Gasteiger partial charge in [-0.25, -0.2) is 0 Å². The zero-order valence-corrected chi connectivity index (χ0v) is 13.8. The summed E-state index contributed by atoms with van der Waals surface area (Å²) in [6, 6.07) is 7.15. The molecule has 1 aromatic rings. The summed E-state index contributed by atoms with van der Waals surface area (Å²) in [7, 11) is 0. The summed E-state index contributed by atoms with van der Waals surface area (Å²) in [6.45, 7) is 5.72. The molecule has 118 valence electrons. The van der Waals surface area contributed by atoms with Crippen LogP contribution < -0.4 is 11.1 Å². The summed E-state index contributed by atoms with van der Waals surface area (Å²) >= 11 is 5.81. The van der Waals surface area contributed by atoms with E-state index in [-0.39, 0.29) is 23.7 Å². The van der Waals surface area contributed by atoms with Crippen molar-refractivity contribution in [3.8, 4) is 0 Å². The third-order valence-electron chi connectivity index (χ3n) is 3.91. The Balaban J connectivity index is 0.00000220. The Kier molecular flexibility index (Phi) is 6.94. The first-order valence-electron chi connectivity index (χ1n) is 6.99. The Morgan fingerprint density at radius 1 is 1.43 bits per heavy atom. The number of amides is 1. The Bertz CT molecular complexity index is 466. The number of carbonyl (C=O) groups excluding carboxylic acids is 1. The van der Waals surface area contributed by atoms with Crippen molar-refractivity contribution in [3.05, 3.63) is 29.3 Å². The molecule has 0 aliphatic carbocycles. The predicted octanol–water partition coefficient (Wildman–Crippen LogP) is 2.76. The maximum absolute atomic E-state index is 11.9. The van der Waals surface area contributed by atoms with E-state index in [4.69, 9.17) is 17.3 Å². The molecule has 1 atom stereocenters. The van der Waals surface area contributed by atoms with Crippen LogP contribution in [0.25, 0.3) is 0 Å². The molecule has 0 spiro atoms. The lowest BCUT2D eigenvalue weighted by molar-refractivity contribution is -0.116. The normalized spacial score (nSPS) is 21.9. The molecule has 0 radical (unpaired) electrons. The first kappa shape index (κ1) is 18.2. The van der Waals surface area contributed by atoms with Crippen molar-refractivity contribution in [2.24, 2.45) is 11.1 Å². The fourth-order valence-electron chi connectivity index (χ4n) is 2.50. The fraction of sp³-hybridized carbons (Fsp3) is 0.533. The first-order chi connectivity index (χ1) is 9.50. The van der Waals surface area contributed by atoms with E-state index in [9.17, 15) is 4.79 Å². The Labute approximate surface area is 137 Å². The van der Waals surface area contributed by atoms with Crippen molar-refractivity contribution in [1.82, 2.24) is 4.90 Å². The number of likely N-dealkylation sites (tertiary alicyclic amines) is 1. The smallest absolute Gasteiger partial charge is 0.225 e. The maximum Gasteiger partial charge on any atom is 0.225 e. The molecule has 1 aliphatic heterocycles. The summed E-state index contributed by atoms with van der Waals surface area (Å²) in [4.78, 5) is 14.2. The molecule has 1 aliphatic rings. The molecule has 1 unspecified atom stereocenters. The van der Waals surface area contributed by atoms with E-state index in [1.54, 1.807) is 12.1 Å². The van der Waals surface area contributed by atoms with Crippen molar-refractivity contribution in [2.75, 3.05) is 31.5 Å². The molecular formula is C15H23Cl2N3O. The lowest BCUT2D eigenvalue weighted by atomic mass is 9.90. The average Bonchev–Trinajstić information content (AvgIpc) is 2.82. The zero-order chi connectivity index (χ0) is 14.6. The van der Waals surface area contributed by atoms with E-state index in [1.807, 2.05) is 12.1 Å². The van der Waals surface area contributed by atoms with Crippen LogP contribution in [0.1, 0.15) is 19.8 Å². The fourth-order valence-corrected chi connectivity index (χ4v) is 2.63. The van der Waals surface area contributed by atoms with E-state index in [0.717, 1.165) is 31.7 Å². The third kappa shape index (κ3) is 5.47. The highest BCUT2D eigenvalue weighted by Gasteiger charge is 2.32. The second-order valence-electron chi connectivity index (χ2n) is 5.85. The molecule has 1 heterocycles. The van der Waals surface area contributed by atoms with Gasteiger partial charge < -0.3 is 16.0 Å². The number of hydrogen-bond donors (Lipinski definition) is 2. The van der Waals surface area contributed by atoms with Crippen molar-refractivity contribution in [2.45, 2.75) is 19.8 Å². The van der Waals surface area contributed by atoms with Gasteiger partial charge in [-0.05, 0) is 49.2 Å². The van der Waals surface area contributed by atoms with E-state index in [2.05, 4.69) is 17.1 Å². The summed E-state index contributed by atoms with van der Waals surface area (Å²) in [6.07, 6.45) is 1.62. The minimum absolute atomic E-state index is 0. The highest BCUT2D eigenvalue weighted by molar-refractivity contribution is 6.30. The summed E-state index contributed by atoms with van der Waals surface area (Å²) in [5, 5.41) is 3.55. The largest absolute Gasteiger partial charge is 0.330 e. The predicted molar refractivity (Wildman–Crippen MR) is 90.2 cm³/mol. The monoisotopic (exact) mass is 331 g/mol. The number of halogens is 2. The van der Waals surface area contributed by atoms with Gasteiger partial charge in [0.25, 0.3) is 0 Å². The molecule has 21 heavy (non-hydrogen) atoms. The standard InChI is InChI=1S/C15H22ClN3O.ClH/c1-15(10-17)7-9-19(11-15)8-6-14(20)18-13-4-2-12(16)3-5-13;/h2-5H,6-11,17H2,1H3,(H,18,20);1H. The number of nitrogens with one attached hydrogen (secondary N) is 1. The van der Waals surface area contributed by atoms with Gasteiger partial charge in [0.15, 0.2) is 0 Å². The first-order valence-corrected chi connectivity index (χ1v) is 7.36. The molecule has 1 amide bonds. The van der Waals surface area contributed by atoms with Crippen LogP contribution >= 0.6 is 24.0 Å². The van der Waals surface area contributed by atoms with Crippen LogP contribution in [0.15, 0.2) is 24.3 Å². The number of nitrogens with two attached hydrogens (primary N) is 1. The minimum atomic E-state index is 0. The van der Waals surface area contributed by atoms with Gasteiger partial charge in [-0.3, -0.25) is 4.79 Å². The summed E-state index contributed by atoms with van der Waals surface area (Å²) in [5.41, 5.74) is 6.78. The van der Waals surface area contributed by atoms with Crippen LogP contribution in [0.5, 0.6) is 0 Å². The van der Waals surface area contributed by atoms with Crippen LogP contribution in [0.2, 0.25) is 5.02 Å². The quantitative estimate of drug-likeness (QED) is 0.872. The molecule has 1 fully saturated rings. The number of nitrogens with zero attached hydrogens (tertiary/aromatic N) is 1. The number of hydrogen-bond acceptors (Lipinski definition) is 3. The van der Waals surface area contributed by atoms with Crippen LogP contribution in [0, 0.1) is 5.41 Å². The third-order valence-corrected chi connectivity index (χ3v) is 4.16. The second kappa shape index (κ2) is 7.99. The molecule has 2 rings (SSSR count). The molecule has 4 nitrogen and oxygen atoms in total. The average molecular weight is 332 g/mol. The van der Waals surface area contributed by atoms with E-state index in [0.29, 0.717) is 18.0 Å². The van der Waals surface area contributed by atoms with Gasteiger partial charge >= 0.3 is 0 Å². The second-order valence-corrected chi connectivity index (χ2v) is 6.28. The van der Waals surface area contributed by atoms with Crippen LogP contribution in [-0.4, -0.2) is 37.0 Å². The van der Waals surface area contributed by atoms with Gasteiger partial charge in [0.2, 0.25) is 5.91 Å². The van der Waals surface area contributed by atoms with Gasteiger partial charge in [0.1, 0.15) is 0 Å². The van der Waals surface area contributed by atoms with Gasteiger partial charge in [-0.15, -0.1) is 12.4 Å². The van der Waals surface area contributed by atoms with E-state index in [1.165, 1.54) is 0 Å². The topological polar surface area (TPSA) is 58.4 Å². The van der Waals surface area contributed by atoms with Gasteiger partial charge in [-0.1, -0.05) is 18.5 Å². The molecular weight excluding hydrogens is 309 g/mol. The Hall–Kier alpha value is -0.810. The molecule has 0 bridgehead atoms. The van der Waals surface area contributed by atoms with Gasteiger partial charge in [0.05, 0.1) is 0 Å². The van der Waals surface area contributed by atoms with Crippen LogP contribution in [0.4, 0.5) is 5.69 Å². The van der Waals surface area contributed by atoms with Crippen LogP contribution in [0.3, 0.4) is 0 Å². The SMILES string of the molecule is CC1(CN)CCN(CCC(=O)Nc2ccc(Cl)cc2)C1.Cl. The molecule has 1 saturated heterocycles. The molecule has 0 saturated carbocycles. The lowest BCUT2D eigenvalue weighted by Crippen LogP contribution is -2.32. The molecule has 0 aromatic heterocycles. The highest BCUT2D eigenvalue weighted by atomic mass is 35.5. The maximum atomic E-state index is 11.9.